The molecule has 138 valence electrons. The molecule has 2 saturated heterocycles. The van der Waals surface area contributed by atoms with Crippen LogP contribution in [0.1, 0.15) is 32.3 Å². The highest BCUT2D eigenvalue weighted by molar-refractivity contribution is 6.01. The van der Waals surface area contributed by atoms with E-state index in [-0.39, 0.29) is 42.3 Å². The number of hydrogen-bond acceptors (Lipinski definition) is 4. The summed E-state index contributed by atoms with van der Waals surface area (Å²) in [7, 11) is 0. The Kier molecular flexibility index (Phi) is 4.21. The van der Waals surface area contributed by atoms with Crippen LogP contribution >= 0.6 is 0 Å². The second-order valence-electron chi connectivity index (χ2n) is 7.73. The summed E-state index contributed by atoms with van der Waals surface area (Å²) in [6, 6.07) is 9.03. The zero-order chi connectivity index (χ0) is 18.4. The van der Waals surface area contributed by atoms with Crippen molar-refractivity contribution in [3.63, 3.8) is 0 Å². The fourth-order valence-corrected chi connectivity index (χ4v) is 4.34. The van der Waals surface area contributed by atoms with Gasteiger partial charge in [-0.25, -0.2) is 4.79 Å². The average Bonchev–Trinajstić information content (AvgIpc) is 3.13. The van der Waals surface area contributed by atoms with Crippen molar-refractivity contribution in [1.82, 2.24) is 9.80 Å². The molecule has 1 aliphatic carbocycles. The Morgan fingerprint density at radius 2 is 1.88 bits per heavy atom. The Labute approximate surface area is 153 Å². The van der Waals surface area contributed by atoms with Crippen LogP contribution < -0.4 is 0 Å². The molecular weight excluding hydrogens is 332 g/mol. The largest absolute Gasteiger partial charge is 0.445 e. The number of carbonyl (C=O) groups is 3. The average molecular weight is 356 g/mol. The van der Waals surface area contributed by atoms with Gasteiger partial charge in [0.1, 0.15) is 6.61 Å². The molecule has 3 fully saturated rings. The van der Waals surface area contributed by atoms with Crippen molar-refractivity contribution < 1.29 is 19.1 Å². The van der Waals surface area contributed by atoms with E-state index < -0.39 is 6.09 Å². The van der Waals surface area contributed by atoms with Crippen LogP contribution in [0.15, 0.2) is 30.3 Å². The minimum atomic E-state index is -0.407. The Hall–Kier alpha value is -2.37. The number of likely N-dealkylation sites (tertiary alicyclic amines) is 2. The first kappa shape index (κ1) is 17.1. The summed E-state index contributed by atoms with van der Waals surface area (Å²) in [6.45, 7) is 4.57. The summed E-state index contributed by atoms with van der Waals surface area (Å²) in [4.78, 5) is 41.0. The van der Waals surface area contributed by atoms with Crippen LogP contribution in [0.5, 0.6) is 0 Å². The summed E-state index contributed by atoms with van der Waals surface area (Å²) in [5.74, 6) is -0.238. The van der Waals surface area contributed by atoms with Gasteiger partial charge < -0.3 is 9.64 Å². The lowest BCUT2D eigenvalue weighted by Gasteiger charge is -2.25. The Morgan fingerprint density at radius 1 is 1.19 bits per heavy atom. The van der Waals surface area contributed by atoms with Crippen molar-refractivity contribution in [3.05, 3.63) is 35.9 Å². The Morgan fingerprint density at radius 3 is 2.54 bits per heavy atom. The molecule has 6 heteroatoms. The Balaban J connectivity index is 1.44. The number of carbonyl (C=O) groups excluding carboxylic acids is 3. The molecule has 2 heterocycles. The molecule has 3 amide bonds. The van der Waals surface area contributed by atoms with Crippen molar-refractivity contribution in [2.45, 2.75) is 45.4 Å². The van der Waals surface area contributed by atoms with Crippen LogP contribution in [0.25, 0.3) is 0 Å². The van der Waals surface area contributed by atoms with Crippen molar-refractivity contribution in [2.75, 3.05) is 6.54 Å². The van der Waals surface area contributed by atoms with Crippen LogP contribution in [-0.4, -0.2) is 46.3 Å². The van der Waals surface area contributed by atoms with Crippen LogP contribution in [-0.2, 0) is 20.9 Å². The van der Waals surface area contributed by atoms with Crippen molar-refractivity contribution >= 4 is 17.9 Å². The van der Waals surface area contributed by atoms with Gasteiger partial charge >= 0.3 is 6.09 Å². The molecule has 1 aromatic carbocycles. The second kappa shape index (κ2) is 6.41. The Bertz CT molecular complexity index is 735. The third-order valence-corrected chi connectivity index (χ3v) is 5.99. The van der Waals surface area contributed by atoms with Crippen LogP contribution in [0.3, 0.4) is 0 Å². The molecule has 0 aromatic heterocycles. The molecule has 2 unspecified atom stereocenters. The van der Waals surface area contributed by atoms with E-state index in [9.17, 15) is 14.4 Å². The highest BCUT2D eigenvalue weighted by Gasteiger charge is 2.57. The van der Waals surface area contributed by atoms with Gasteiger partial charge in [-0.2, -0.15) is 0 Å². The molecule has 1 saturated carbocycles. The van der Waals surface area contributed by atoms with Gasteiger partial charge in [0.2, 0.25) is 11.8 Å². The first-order valence-electron chi connectivity index (χ1n) is 9.33. The van der Waals surface area contributed by atoms with Gasteiger partial charge in [0.15, 0.2) is 0 Å². The van der Waals surface area contributed by atoms with Gasteiger partial charge in [-0.05, 0) is 24.3 Å². The molecule has 0 radical (unpaired) electrons. The van der Waals surface area contributed by atoms with E-state index in [0.29, 0.717) is 18.9 Å². The topological polar surface area (TPSA) is 66.9 Å². The number of benzene rings is 1. The molecular formula is C20H24N2O4. The molecule has 0 spiro atoms. The third kappa shape index (κ3) is 2.77. The van der Waals surface area contributed by atoms with E-state index in [1.54, 1.807) is 4.90 Å². The number of rotatable bonds is 3. The highest BCUT2D eigenvalue weighted by atomic mass is 16.6. The van der Waals surface area contributed by atoms with Gasteiger partial charge in [-0.15, -0.1) is 0 Å². The zero-order valence-corrected chi connectivity index (χ0v) is 15.1. The minimum Gasteiger partial charge on any atom is -0.445 e. The molecule has 26 heavy (non-hydrogen) atoms. The fraction of sp³-hybridized carbons (Fsp3) is 0.550. The van der Waals surface area contributed by atoms with E-state index in [1.807, 2.05) is 44.2 Å². The first-order valence-corrected chi connectivity index (χ1v) is 9.33. The van der Waals surface area contributed by atoms with Gasteiger partial charge in [0.25, 0.3) is 0 Å². The van der Waals surface area contributed by atoms with Gasteiger partial charge in [0, 0.05) is 12.5 Å². The molecule has 1 aromatic rings. The van der Waals surface area contributed by atoms with E-state index in [2.05, 4.69) is 0 Å². The highest BCUT2D eigenvalue weighted by Crippen LogP contribution is 2.44. The maximum atomic E-state index is 12.7. The van der Waals surface area contributed by atoms with Gasteiger partial charge in [-0.3, -0.25) is 14.5 Å². The molecule has 3 aliphatic rings. The summed E-state index contributed by atoms with van der Waals surface area (Å²) in [6.07, 6.45) is 1.08. The lowest BCUT2D eigenvalue weighted by atomic mass is 10.0. The summed E-state index contributed by atoms with van der Waals surface area (Å²) in [5.41, 5.74) is 0.923. The van der Waals surface area contributed by atoms with Gasteiger partial charge in [-0.1, -0.05) is 44.2 Å². The third-order valence-electron chi connectivity index (χ3n) is 5.99. The summed E-state index contributed by atoms with van der Waals surface area (Å²) >= 11 is 0. The number of hydrogen-bond donors (Lipinski definition) is 0. The number of amides is 3. The van der Waals surface area contributed by atoms with E-state index in [4.69, 9.17) is 4.74 Å². The summed E-state index contributed by atoms with van der Waals surface area (Å²) in [5, 5.41) is 0. The van der Waals surface area contributed by atoms with E-state index in [1.165, 1.54) is 4.90 Å². The van der Waals surface area contributed by atoms with Crippen molar-refractivity contribution in [3.8, 4) is 0 Å². The van der Waals surface area contributed by atoms with E-state index in [0.717, 1.165) is 12.0 Å². The second-order valence-corrected chi connectivity index (χ2v) is 7.73. The molecule has 0 N–H and O–H groups in total. The molecule has 5 atom stereocenters. The maximum Gasteiger partial charge on any atom is 0.410 e. The molecule has 6 nitrogen and oxygen atoms in total. The normalized spacial score (nSPS) is 32.5. The quantitative estimate of drug-likeness (QED) is 0.780. The smallest absolute Gasteiger partial charge is 0.410 e. The zero-order valence-electron chi connectivity index (χ0n) is 15.1. The number of ether oxygens (including phenoxy) is 1. The predicted octanol–water partition coefficient (Wildman–Crippen LogP) is 2.43. The number of nitrogens with zero attached hydrogens (tertiary/aromatic N) is 2. The maximum absolute atomic E-state index is 12.7. The molecule has 4 rings (SSSR count). The van der Waals surface area contributed by atoms with Crippen LogP contribution in [0.2, 0.25) is 0 Å². The monoisotopic (exact) mass is 356 g/mol. The number of fused-ring (bicyclic) bond motifs is 1. The molecule has 2 aliphatic heterocycles. The van der Waals surface area contributed by atoms with Crippen LogP contribution in [0, 0.1) is 17.8 Å². The van der Waals surface area contributed by atoms with Crippen molar-refractivity contribution in [1.29, 1.82) is 0 Å². The first-order chi connectivity index (χ1) is 12.5. The lowest BCUT2D eigenvalue weighted by Crippen LogP contribution is -2.43. The fourth-order valence-electron chi connectivity index (χ4n) is 4.34. The summed E-state index contributed by atoms with van der Waals surface area (Å²) < 4.78 is 5.45. The van der Waals surface area contributed by atoms with E-state index >= 15 is 0 Å². The minimum absolute atomic E-state index is 0.0241. The van der Waals surface area contributed by atoms with Gasteiger partial charge in [0.05, 0.1) is 18.0 Å². The number of imide groups is 1. The molecule has 0 bridgehead atoms. The van der Waals surface area contributed by atoms with Crippen LogP contribution in [0.4, 0.5) is 4.79 Å². The predicted molar refractivity (Wildman–Crippen MR) is 93.8 cm³/mol. The van der Waals surface area contributed by atoms with Crippen molar-refractivity contribution in [2.24, 2.45) is 17.8 Å². The SMILES string of the molecule is CC1CC1C(=O)N1C(=O)[C@@H](C)[C@@H]2[C@@H]1CCN2C(=O)OCc1ccccc1. The lowest BCUT2D eigenvalue weighted by molar-refractivity contribution is -0.146. The standard InChI is InChI=1S/C20H24N2O4/c1-12-10-15(12)19(24)22-16-8-9-21(17(16)13(2)18(22)23)20(25)26-11-14-6-4-3-5-7-14/h3-7,12-13,15-17H,8-11H2,1-2H3/t12?,13-,15?,16-,17+/m0/s1.